The van der Waals surface area contributed by atoms with Crippen molar-refractivity contribution in [1.82, 2.24) is 14.7 Å². The SMILES string of the molecule is O=C([C@@H]1CCCN1C(=O)CCCN1C(=O)c2ccc([N+](=O)[O-])cc2C1=O)N1CCCC1. The van der Waals surface area contributed by atoms with Crippen molar-refractivity contribution < 1.29 is 24.1 Å². The van der Waals surface area contributed by atoms with E-state index in [0.717, 1.165) is 43.3 Å². The van der Waals surface area contributed by atoms with Crippen LogP contribution in [0.1, 0.15) is 59.2 Å². The van der Waals surface area contributed by atoms with Gasteiger partial charge in [0, 0.05) is 44.7 Å². The Bertz CT molecular complexity index is 955. The summed E-state index contributed by atoms with van der Waals surface area (Å²) in [5.41, 5.74) is -0.0984. The van der Waals surface area contributed by atoms with Crippen molar-refractivity contribution in [2.24, 2.45) is 0 Å². The average molecular weight is 428 g/mol. The molecule has 3 aliphatic heterocycles. The van der Waals surface area contributed by atoms with Crippen LogP contribution in [0, 0.1) is 10.1 Å². The number of nitrogens with zero attached hydrogens (tertiary/aromatic N) is 4. The maximum absolute atomic E-state index is 12.7. The average Bonchev–Trinajstić information content (AvgIpc) is 3.50. The van der Waals surface area contributed by atoms with Gasteiger partial charge in [-0.25, -0.2) is 0 Å². The van der Waals surface area contributed by atoms with E-state index in [1.807, 2.05) is 4.90 Å². The first-order chi connectivity index (χ1) is 14.9. The van der Waals surface area contributed by atoms with Crippen molar-refractivity contribution in [2.45, 2.75) is 44.6 Å². The van der Waals surface area contributed by atoms with Crippen molar-refractivity contribution in [2.75, 3.05) is 26.2 Å². The number of carbonyl (C=O) groups is 4. The third-order valence-electron chi connectivity index (χ3n) is 6.21. The molecule has 1 aromatic carbocycles. The van der Waals surface area contributed by atoms with Crippen LogP contribution >= 0.6 is 0 Å². The Morgan fingerprint density at radius 2 is 1.74 bits per heavy atom. The zero-order chi connectivity index (χ0) is 22.1. The van der Waals surface area contributed by atoms with Gasteiger partial charge in [0.05, 0.1) is 16.1 Å². The summed E-state index contributed by atoms with van der Waals surface area (Å²) in [5.74, 6) is -1.22. The first-order valence-corrected chi connectivity index (χ1v) is 10.6. The molecule has 1 atom stereocenters. The number of benzene rings is 1. The second kappa shape index (κ2) is 8.44. The number of imide groups is 1. The third kappa shape index (κ3) is 3.89. The van der Waals surface area contributed by atoms with E-state index in [1.54, 1.807) is 4.90 Å². The molecule has 0 aliphatic carbocycles. The van der Waals surface area contributed by atoms with Crippen LogP contribution in [0.4, 0.5) is 5.69 Å². The van der Waals surface area contributed by atoms with Crippen LogP contribution in [0.15, 0.2) is 18.2 Å². The van der Waals surface area contributed by atoms with Crippen molar-refractivity contribution in [3.05, 3.63) is 39.4 Å². The number of non-ortho nitro benzene ring substituents is 1. The Balaban J connectivity index is 1.34. The summed E-state index contributed by atoms with van der Waals surface area (Å²) in [6, 6.07) is 3.18. The number of amides is 4. The quantitative estimate of drug-likeness (QED) is 0.385. The maximum atomic E-state index is 12.7. The molecule has 0 radical (unpaired) electrons. The van der Waals surface area contributed by atoms with E-state index in [0.29, 0.717) is 13.0 Å². The van der Waals surface area contributed by atoms with Crippen LogP contribution < -0.4 is 0 Å². The molecule has 0 aromatic heterocycles. The lowest BCUT2D eigenvalue weighted by atomic mass is 10.1. The first kappa shape index (κ1) is 21.0. The number of nitro groups is 1. The van der Waals surface area contributed by atoms with Crippen molar-refractivity contribution in [1.29, 1.82) is 0 Å². The predicted molar refractivity (Wildman–Crippen MR) is 108 cm³/mol. The lowest BCUT2D eigenvalue weighted by molar-refractivity contribution is -0.384. The zero-order valence-corrected chi connectivity index (χ0v) is 17.1. The van der Waals surface area contributed by atoms with Crippen molar-refractivity contribution in [3.63, 3.8) is 0 Å². The number of hydrogen-bond donors (Lipinski definition) is 0. The van der Waals surface area contributed by atoms with Crippen LogP contribution in [-0.4, -0.2) is 75.5 Å². The molecule has 0 spiro atoms. The van der Waals surface area contributed by atoms with E-state index >= 15 is 0 Å². The Morgan fingerprint density at radius 1 is 1.03 bits per heavy atom. The highest BCUT2D eigenvalue weighted by Crippen LogP contribution is 2.27. The van der Waals surface area contributed by atoms with Crippen LogP contribution in [0.25, 0.3) is 0 Å². The summed E-state index contributed by atoms with van der Waals surface area (Å²) in [4.78, 5) is 65.3. The minimum absolute atomic E-state index is 0.0151. The topological polar surface area (TPSA) is 121 Å². The van der Waals surface area contributed by atoms with Crippen molar-refractivity contribution >= 4 is 29.3 Å². The summed E-state index contributed by atoms with van der Waals surface area (Å²) < 4.78 is 0. The summed E-state index contributed by atoms with van der Waals surface area (Å²) in [7, 11) is 0. The highest BCUT2D eigenvalue weighted by atomic mass is 16.6. The van der Waals surface area contributed by atoms with Crippen molar-refractivity contribution in [3.8, 4) is 0 Å². The molecule has 0 bridgehead atoms. The maximum Gasteiger partial charge on any atom is 0.270 e. The van der Waals surface area contributed by atoms with Crippen LogP contribution in [0.2, 0.25) is 0 Å². The summed E-state index contributed by atoms with van der Waals surface area (Å²) in [5, 5.41) is 10.9. The van der Waals surface area contributed by atoms with Gasteiger partial charge in [-0.15, -0.1) is 0 Å². The lowest BCUT2D eigenvalue weighted by Crippen LogP contribution is -2.47. The number of hydrogen-bond acceptors (Lipinski definition) is 6. The Kier molecular flexibility index (Phi) is 5.71. The molecule has 1 aromatic rings. The number of carbonyl (C=O) groups excluding carboxylic acids is 4. The predicted octanol–water partition coefficient (Wildman–Crippen LogP) is 1.58. The molecule has 10 heteroatoms. The largest absolute Gasteiger partial charge is 0.341 e. The minimum atomic E-state index is -0.616. The third-order valence-corrected chi connectivity index (χ3v) is 6.21. The van der Waals surface area contributed by atoms with Gasteiger partial charge in [-0.05, 0) is 38.2 Å². The zero-order valence-electron chi connectivity index (χ0n) is 17.1. The van der Waals surface area contributed by atoms with E-state index in [-0.39, 0.29) is 48.0 Å². The minimum Gasteiger partial charge on any atom is -0.341 e. The molecule has 2 fully saturated rings. The van der Waals surface area contributed by atoms with E-state index in [1.165, 1.54) is 12.1 Å². The molecule has 10 nitrogen and oxygen atoms in total. The Labute approximate surface area is 178 Å². The second-order valence-electron chi connectivity index (χ2n) is 8.13. The molecule has 2 saturated heterocycles. The number of rotatable bonds is 6. The smallest absolute Gasteiger partial charge is 0.270 e. The molecule has 3 heterocycles. The highest BCUT2D eigenvalue weighted by molar-refractivity contribution is 6.21. The number of likely N-dealkylation sites (tertiary alicyclic amines) is 2. The summed E-state index contributed by atoms with van der Waals surface area (Å²) in [6.07, 6.45) is 3.84. The van der Waals surface area contributed by atoms with E-state index < -0.39 is 22.8 Å². The first-order valence-electron chi connectivity index (χ1n) is 10.6. The molecule has 0 N–H and O–H groups in total. The molecular formula is C21H24N4O6. The van der Waals surface area contributed by atoms with Gasteiger partial charge in [0.1, 0.15) is 6.04 Å². The monoisotopic (exact) mass is 428 g/mol. The number of fused-ring (bicyclic) bond motifs is 1. The molecular weight excluding hydrogens is 404 g/mol. The van der Waals surface area contributed by atoms with Gasteiger partial charge >= 0.3 is 0 Å². The Hall–Kier alpha value is -3.30. The van der Waals surface area contributed by atoms with Gasteiger partial charge in [0.2, 0.25) is 11.8 Å². The fraction of sp³-hybridized carbons (Fsp3) is 0.524. The van der Waals surface area contributed by atoms with Crippen LogP contribution in [0.3, 0.4) is 0 Å². The van der Waals surface area contributed by atoms with Gasteiger partial charge < -0.3 is 9.80 Å². The van der Waals surface area contributed by atoms with Gasteiger partial charge in [0.25, 0.3) is 17.5 Å². The van der Waals surface area contributed by atoms with Gasteiger partial charge in [0.15, 0.2) is 0 Å². The lowest BCUT2D eigenvalue weighted by Gasteiger charge is -2.28. The molecule has 0 unspecified atom stereocenters. The summed E-state index contributed by atoms with van der Waals surface area (Å²) in [6.45, 7) is 2.08. The number of nitro benzene ring substituents is 1. The normalized spacial score (nSPS) is 20.5. The van der Waals surface area contributed by atoms with E-state index in [9.17, 15) is 29.3 Å². The van der Waals surface area contributed by atoms with Gasteiger partial charge in [-0.3, -0.25) is 34.2 Å². The fourth-order valence-corrected chi connectivity index (χ4v) is 4.60. The fourth-order valence-electron chi connectivity index (χ4n) is 4.60. The summed E-state index contributed by atoms with van der Waals surface area (Å²) >= 11 is 0. The second-order valence-corrected chi connectivity index (χ2v) is 8.13. The van der Waals surface area contributed by atoms with Gasteiger partial charge in [-0.1, -0.05) is 0 Å². The van der Waals surface area contributed by atoms with E-state index in [4.69, 9.17) is 0 Å². The molecule has 0 saturated carbocycles. The van der Waals surface area contributed by atoms with E-state index in [2.05, 4.69) is 0 Å². The standard InChI is InChI=1S/C21H24N4O6/c26-18(23-11-3-5-17(23)21(29)22-9-1-2-10-22)6-4-12-24-19(27)15-8-7-14(25(30)31)13-16(15)20(24)28/h7-8,13,17H,1-6,9-12H2/t17-/m0/s1. The molecule has 164 valence electrons. The van der Waals surface area contributed by atoms with Gasteiger partial charge in [-0.2, -0.15) is 0 Å². The molecule has 31 heavy (non-hydrogen) atoms. The molecule has 3 aliphatic rings. The Morgan fingerprint density at radius 3 is 2.45 bits per heavy atom. The molecule has 4 rings (SSSR count). The van der Waals surface area contributed by atoms with Crippen LogP contribution in [0.5, 0.6) is 0 Å². The molecule has 4 amide bonds. The highest BCUT2D eigenvalue weighted by Gasteiger charge is 2.38. The van der Waals surface area contributed by atoms with Crippen LogP contribution in [-0.2, 0) is 9.59 Å².